The number of nitrogens with zero attached hydrogens (tertiary/aromatic N) is 1. The molecule has 1 saturated heterocycles. The van der Waals surface area contributed by atoms with Crippen molar-refractivity contribution in [1.29, 1.82) is 0 Å². The molecule has 88 valence electrons. The summed E-state index contributed by atoms with van der Waals surface area (Å²) in [4.78, 5) is 14.3. The molecule has 3 heteroatoms. The predicted octanol–water partition coefficient (Wildman–Crippen LogP) is 1.49. The van der Waals surface area contributed by atoms with E-state index in [4.69, 9.17) is 0 Å². The molecule has 0 aromatic rings. The van der Waals surface area contributed by atoms with Crippen LogP contribution in [-0.4, -0.2) is 36.5 Å². The largest absolute Gasteiger partial charge is 0.338 e. The van der Waals surface area contributed by atoms with E-state index in [2.05, 4.69) is 33.0 Å². The highest BCUT2D eigenvalue weighted by molar-refractivity contribution is 5.82. The Morgan fingerprint density at radius 3 is 2.33 bits per heavy atom. The lowest BCUT2D eigenvalue weighted by Crippen LogP contribution is -2.49. The van der Waals surface area contributed by atoms with Crippen molar-refractivity contribution in [2.24, 2.45) is 11.8 Å². The predicted molar refractivity (Wildman–Crippen MR) is 62.6 cm³/mol. The van der Waals surface area contributed by atoms with E-state index in [0.717, 1.165) is 13.0 Å². The fourth-order valence-electron chi connectivity index (χ4n) is 2.33. The number of hydrogen-bond donors (Lipinski definition) is 1. The summed E-state index contributed by atoms with van der Waals surface area (Å²) < 4.78 is 0. The van der Waals surface area contributed by atoms with E-state index >= 15 is 0 Å². The molecular formula is C12H24N2O. The third-order valence-corrected chi connectivity index (χ3v) is 3.67. The standard InChI is InChI=1S/C12H24N2O/c1-8(2)11(13-5)12(15)14-7-6-9(3)10(14)4/h8-11,13H,6-7H2,1-5H3/t9?,10-,11?/m1/s1. The van der Waals surface area contributed by atoms with Crippen molar-refractivity contribution in [3.63, 3.8) is 0 Å². The van der Waals surface area contributed by atoms with E-state index in [9.17, 15) is 4.79 Å². The Morgan fingerprint density at radius 1 is 1.40 bits per heavy atom. The lowest BCUT2D eigenvalue weighted by molar-refractivity contribution is -0.135. The number of hydrogen-bond acceptors (Lipinski definition) is 2. The second kappa shape index (κ2) is 4.97. The van der Waals surface area contributed by atoms with Crippen molar-refractivity contribution in [2.45, 2.75) is 46.2 Å². The highest BCUT2D eigenvalue weighted by atomic mass is 16.2. The van der Waals surface area contributed by atoms with Crippen LogP contribution in [0.15, 0.2) is 0 Å². The van der Waals surface area contributed by atoms with Crippen LogP contribution >= 0.6 is 0 Å². The first-order chi connectivity index (χ1) is 6.99. The van der Waals surface area contributed by atoms with E-state index in [1.807, 2.05) is 11.9 Å². The number of carbonyl (C=O) groups excluding carboxylic acids is 1. The summed E-state index contributed by atoms with van der Waals surface area (Å²) in [6.07, 6.45) is 1.14. The number of likely N-dealkylation sites (N-methyl/N-ethyl adjacent to an activating group) is 1. The van der Waals surface area contributed by atoms with Crippen molar-refractivity contribution in [3.05, 3.63) is 0 Å². The first kappa shape index (κ1) is 12.5. The van der Waals surface area contributed by atoms with Crippen LogP contribution in [0.5, 0.6) is 0 Å². The molecule has 0 spiro atoms. The highest BCUT2D eigenvalue weighted by Crippen LogP contribution is 2.24. The molecule has 0 aromatic heterocycles. The van der Waals surface area contributed by atoms with Crippen LogP contribution < -0.4 is 5.32 Å². The minimum Gasteiger partial charge on any atom is -0.338 e. The van der Waals surface area contributed by atoms with Crippen molar-refractivity contribution in [2.75, 3.05) is 13.6 Å². The second-order valence-electron chi connectivity index (χ2n) is 5.05. The normalized spacial score (nSPS) is 28.5. The van der Waals surface area contributed by atoms with Gasteiger partial charge in [-0.2, -0.15) is 0 Å². The van der Waals surface area contributed by atoms with Gasteiger partial charge in [0.05, 0.1) is 6.04 Å². The SMILES string of the molecule is CNC(C(=O)N1CCC(C)[C@H]1C)C(C)C. The van der Waals surface area contributed by atoms with Gasteiger partial charge in [0.1, 0.15) is 0 Å². The molecular weight excluding hydrogens is 188 g/mol. The number of carbonyl (C=O) groups is 1. The molecule has 1 aliphatic rings. The topological polar surface area (TPSA) is 32.3 Å². The van der Waals surface area contributed by atoms with Crippen LogP contribution in [0.25, 0.3) is 0 Å². The zero-order valence-corrected chi connectivity index (χ0v) is 10.6. The molecule has 1 aliphatic heterocycles. The summed E-state index contributed by atoms with van der Waals surface area (Å²) in [7, 11) is 1.87. The molecule has 1 N–H and O–H groups in total. The Balaban J connectivity index is 2.67. The fraction of sp³-hybridized carbons (Fsp3) is 0.917. The molecule has 3 atom stereocenters. The Morgan fingerprint density at radius 2 is 2.00 bits per heavy atom. The van der Waals surface area contributed by atoms with Gasteiger partial charge >= 0.3 is 0 Å². The fourth-order valence-corrected chi connectivity index (χ4v) is 2.33. The quantitative estimate of drug-likeness (QED) is 0.768. The van der Waals surface area contributed by atoms with Gasteiger partial charge in [0.25, 0.3) is 0 Å². The second-order valence-corrected chi connectivity index (χ2v) is 5.05. The average molecular weight is 212 g/mol. The van der Waals surface area contributed by atoms with Crippen LogP contribution in [0.3, 0.4) is 0 Å². The zero-order chi connectivity index (χ0) is 11.6. The third kappa shape index (κ3) is 2.51. The number of nitrogens with one attached hydrogen (secondary N) is 1. The molecule has 0 radical (unpaired) electrons. The molecule has 2 unspecified atom stereocenters. The molecule has 0 aliphatic carbocycles. The first-order valence-electron chi connectivity index (χ1n) is 5.96. The molecule has 1 rings (SSSR count). The monoisotopic (exact) mass is 212 g/mol. The Kier molecular flexibility index (Phi) is 4.14. The van der Waals surface area contributed by atoms with Gasteiger partial charge in [0.15, 0.2) is 0 Å². The maximum absolute atomic E-state index is 12.2. The summed E-state index contributed by atoms with van der Waals surface area (Å²) in [5, 5.41) is 3.12. The van der Waals surface area contributed by atoms with E-state index in [1.165, 1.54) is 0 Å². The molecule has 1 heterocycles. The van der Waals surface area contributed by atoms with E-state index in [0.29, 0.717) is 17.9 Å². The summed E-state index contributed by atoms with van der Waals surface area (Å²) in [5.74, 6) is 1.26. The molecule has 1 fully saturated rings. The van der Waals surface area contributed by atoms with Crippen LogP contribution in [0.2, 0.25) is 0 Å². The van der Waals surface area contributed by atoms with E-state index in [-0.39, 0.29) is 11.9 Å². The summed E-state index contributed by atoms with van der Waals surface area (Å²) in [6.45, 7) is 9.48. The van der Waals surface area contributed by atoms with Crippen molar-refractivity contribution in [1.82, 2.24) is 10.2 Å². The molecule has 1 amide bonds. The van der Waals surface area contributed by atoms with Crippen molar-refractivity contribution in [3.8, 4) is 0 Å². The third-order valence-electron chi connectivity index (χ3n) is 3.67. The van der Waals surface area contributed by atoms with Crippen LogP contribution in [-0.2, 0) is 4.79 Å². The molecule has 0 aromatic carbocycles. The van der Waals surface area contributed by atoms with Gasteiger partial charge in [-0.15, -0.1) is 0 Å². The van der Waals surface area contributed by atoms with Gasteiger partial charge in [-0.1, -0.05) is 20.8 Å². The van der Waals surface area contributed by atoms with Gasteiger partial charge in [-0.25, -0.2) is 0 Å². The molecule has 0 bridgehead atoms. The molecule has 15 heavy (non-hydrogen) atoms. The van der Waals surface area contributed by atoms with E-state index < -0.39 is 0 Å². The zero-order valence-electron chi connectivity index (χ0n) is 10.6. The van der Waals surface area contributed by atoms with Gasteiger partial charge in [-0.3, -0.25) is 4.79 Å². The van der Waals surface area contributed by atoms with Crippen LogP contribution in [0, 0.1) is 11.8 Å². The first-order valence-corrected chi connectivity index (χ1v) is 5.96. The Labute approximate surface area is 93.2 Å². The Hall–Kier alpha value is -0.570. The van der Waals surface area contributed by atoms with Crippen molar-refractivity contribution >= 4 is 5.91 Å². The van der Waals surface area contributed by atoms with Gasteiger partial charge in [-0.05, 0) is 32.2 Å². The van der Waals surface area contributed by atoms with Crippen LogP contribution in [0.1, 0.15) is 34.1 Å². The smallest absolute Gasteiger partial charge is 0.240 e. The lowest BCUT2D eigenvalue weighted by Gasteiger charge is -2.29. The maximum atomic E-state index is 12.2. The van der Waals surface area contributed by atoms with E-state index in [1.54, 1.807) is 0 Å². The average Bonchev–Trinajstić information content (AvgIpc) is 2.48. The number of likely N-dealkylation sites (tertiary alicyclic amines) is 1. The minimum absolute atomic E-state index is 0.0299. The minimum atomic E-state index is -0.0299. The van der Waals surface area contributed by atoms with Gasteiger partial charge < -0.3 is 10.2 Å². The summed E-state index contributed by atoms with van der Waals surface area (Å²) in [5.41, 5.74) is 0. The summed E-state index contributed by atoms with van der Waals surface area (Å²) in [6, 6.07) is 0.366. The number of rotatable bonds is 3. The van der Waals surface area contributed by atoms with Gasteiger partial charge in [0, 0.05) is 12.6 Å². The van der Waals surface area contributed by atoms with Crippen LogP contribution in [0.4, 0.5) is 0 Å². The highest BCUT2D eigenvalue weighted by Gasteiger charge is 2.34. The Bertz CT molecular complexity index is 228. The molecule has 3 nitrogen and oxygen atoms in total. The maximum Gasteiger partial charge on any atom is 0.240 e. The van der Waals surface area contributed by atoms with Gasteiger partial charge in [0.2, 0.25) is 5.91 Å². The number of amides is 1. The van der Waals surface area contributed by atoms with Crippen molar-refractivity contribution < 1.29 is 4.79 Å². The summed E-state index contributed by atoms with van der Waals surface area (Å²) >= 11 is 0. The molecule has 0 saturated carbocycles. The lowest BCUT2D eigenvalue weighted by atomic mass is 10.0.